The zero-order valence-corrected chi connectivity index (χ0v) is 22.5. The highest BCUT2D eigenvalue weighted by Gasteiger charge is 2.39. The molecular weight excluding hydrogens is 509 g/mol. The maximum absolute atomic E-state index is 13.8. The van der Waals surface area contributed by atoms with Crippen LogP contribution in [-0.4, -0.2) is 76.6 Å². The lowest BCUT2D eigenvalue weighted by Crippen LogP contribution is -2.52. The molecule has 2 fully saturated rings. The first-order valence-corrected chi connectivity index (χ1v) is 12.3. The van der Waals surface area contributed by atoms with Crippen LogP contribution in [0.5, 0.6) is 0 Å². The molecule has 0 bridgehead atoms. The van der Waals surface area contributed by atoms with Gasteiger partial charge in [-0.25, -0.2) is 9.97 Å². The molecule has 0 spiro atoms. The Labute approximate surface area is 224 Å². The molecule has 2 aliphatic heterocycles. The van der Waals surface area contributed by atoms with E-state index in [9.17, 15) is 9.90 Å². The lowest BCUT2D eigenvalue weighted by Gasteiger charge is -2.39. The molecule has 2 aromatic rings. The number of likely N-dealkylation sites (N-methyl/N-ethyl adjacent to an activating group) is 1. The Balaban J connectivity index is 0.00000171. The number of fused-ring (bicyclic) bond motifs is 1. The lowest BCUT2D eigenvalue weighted by atomic mass is 9.88. The average molecular weight is 543 g/mol. The molecule has 1 aromatic heterocycles. The van der Waals surface area contributed by atoms with Crippen molar-refractivity contribution in [2.45, 2.75) is 50.2 Å². The third-order valence-corrected chi connectivity index (χ3v) is 7.88. The molecule has 35 heavy (non-hydrogen) atoms. The monoisotopic (exact) mass is 541 g/mol. The minimum absolute atomic E-state index is 0. The van der Waals surface area contributed by atoms with Crippen LogP contribution in [0.25, 0.3) is 0 Å². The van der Waals surface area contributed by atoms with Crippen LogP contribution >= 0.6 is 36.4 Å². The number of aliphatic hydroxyl groups is 1. The molecule has 10 heteroatoms. The van der Waals surface area contributed by atoms with Crippen molar-refractivity contribution in [3.8, 4) is 0 Å². The van der Waals surface area contributed by atoms with Crippen LogP contribution in [0, 0.1) is 0 Å². The van der Waals surface area contributed by atoms with Gasteiger partial charge in [-0.3, -0.25) is 4.79 Å². The van der Waals surface area contributed by atoms with Gasteiger partial charge < -0.3 is 19.8 Å². The topological polar surface area (TPSA) is 72.8 Å². The molecule has 1 aromatic carbocycles. The number of piperazine rings is 1. The number of amides is 1. The van der Waals surface area contributed by atoms with E-state index in [1.54, 1.807) is 6.33 Å². The molecule has 3 aliphatic rings. The first kappa shape index (κ1) is 27.9. The Morgan fingerprint density at radius 3 is 2.40 bits per heavy atom. The average Bonchev–Trinajstić information content (AvgIpc) is 3.37. The normalized spacial score (nSPS) is 25.0. The molecule has 2 saturated heterocycles. The maximum Gasteiger partial charge on any atom is 0.231 e. The third-order valence-electron chi connectivity index (χ3n) is 7.63. The van der Waals surface area contributed by atoms with Crippen LogP contribution in [0.2, 0.25) is 5.02 Å². The number of rotatable bonds is 4. The Kier molecular flexibility index (Phi) is 9.27. The van der Waals surface area contributed by atoms with Crippen LogP contribution in [0.3, 0.4) is 0 Å². The van der Waals surface area contributed by atoms with E-state index in [0.29, 0.717) is 24.5 Å². The van der Waals surface area contributed by atoms with Crippen LogP contribution in [0.15, 0.2) is 30.6 Å². The van der Waals surface area contributed by atoms with Crippen LogP contribution in [0.4, 0.5) is 5.82 Å². The summed E-state index contributed by atoms with van der Waals surface area (Å²) in [5.74, 6) is 1.17. The van der Waals surface area contributed by atoms with E-state index in [4.69, 9.17) is 11.6 Å². The van der Waals surface area contributed by atoms with Gasteiger partial charge in [-0.05, 0) is 56.5 Å². The zero-order valence-electron chi connectivity index (χ0n) is 20.1. The van der Waals surface area contributed by atoms with Gasteiger partial charge in [-0.1, -0.05) is 30.7 Å². The number of aromatic nitrogens is 2. The van der Waals surface area contributed by atoms with Crippen molar-refractivity contribution in [3.05, 3.63) is 52.4 Å². The quantitative estimate of drug-likeness (QED) is 0.629. The number of halogens is 3. The standard InChI is InChI=1S/C25H32ClN5O2.2ClH/c1-16-14-20(32)23-21(16)24(28-15-27-23)30-10-12-31(13-11-30)25(33)22(19-4-3-9-29(19)2)17-5-7-18(26)8-6-17;;/h5-8,15-16,19-20,22,32H,3-4,9-14H2,1-2H3;2*1H/t16-,19?,20-,22?;;/m1../s1. The van der Waals surface area contributed by atoms with E-state index in [1.165, 1.54) is 0 Å². The molecule has 0 radical (unpaired) electrons. The molecule has 5 rings (SSSR count). The van der Waals surface area contributed by atoms with Gasteiger partial charge in [0.15, 0.2) is 0 Å². The van der Waals surface area contributed by atoms with Crippen molar-refractivity contribution in [1.29, 1.82) is 0 Å². The number of hydrogen-bond donors (Lipinski definition) is 1. The Bertz CT molecular complexity index is 1020. The Morgan fingerprint density at radius 2 is 1.77 bits per heavy atom. The molecule has 1 amide bonds. The highest BCUT2D eigenvalue weighted by atomic mass is 35.5. The largest absolute Gasteiger partial charge is 0.387 e. The smallest absolute Gasteiger partial charge is 0.231 e. The first-order valence-electron chi connectivity index (χ1n) is 12.0. The highest BCUT2D eigenvalue weighted by Crippen LogP contribution is 2.43. The van der Waals surface area contributed by atoms with Gasteiger partial charge >= 0.3 is 0 Å². The first-order chi connectivity index (χ1) is 15.9. The van der Waals surface area contributed by atoms with E-state index in [0.717, 1.165) is 55.1 Å². The Hall–Kier alpha value is -1.64. The second-order valence-corrected chi connectivity index (χ2v) is 10.1. The zero-order chi connectivity index (χ0) is 23.1. The highest BCUT2D eigenvalue weighted by molar-refractivity contribution is 6.30. The van der Waals surface area contributed by atoms with E-state index in [2.05, 4.69) is 33.7 Å². The van der Waals surface area contributed by atoms with Gasteiger partial charge in [0, 0.05) is 42.8 Å². The minimum Gasteiger partial charge on any atom is -0.387 e. The summed E-state index contributed by atoms with van der Waals surface area (Å²) in [4.78, 5) is 29.3. The summed E-state index contributed by atoms with van der Waals surface area (Å²) >= 11 is 6.13. The van der Waals surface area contributed by atoms with Crippen LogP contribution in [-0.2, 0) is 4.79 Å². The molecule has 1 aliphatic carbocycles. The number of benzene rings is 1. The molecular formula is C25H34Cl3N5O2. The van der Waals surface area contributed by atoms with Crippen LogP contribution in [0.1, 0.15) is 60.9 Å². The fraction of sp³-hybridized carbons (Fsp3) is 0.560. The number of anilines is 1. The molecule has 2 unspecified atom stereocenters. The van der Waals surface area contributed by atoms with Gasteiger partial charge in [0.2, 0.25) is 5.91 Å². The molecule has 0 saturated carbocycles. The summed E-state index contributed by atoms with van der Waals surface area (Å²) in [5.41, 5.74) is 2.87. The summed E-state index contributed by atoms with van der Waals surface area (Å²) in [6, 6.07) is 7.99. The van der Waals surface area contributed by atoms with Crippen molar-refractivity contribution in [2.75, 3.05) is 44.7 Å². The summed E-state index contributed by atoms with van der Waals surface area (Å²) in [5, 5.41) is 11.0. The second kappa shape index (κ2) is 11.6. The summed E-state index contributed by atoms with van der Waals surface area (Å²) < 4.78 is 0. The maximum atomic E-state index is 13.8. The van der Waals surface area contributed by atoms with Crippen molar-refractivity contribution in [2.24, 2.45) is 0 Å². The third kappa shape index (κ3) is 5.39. The van der Waals surface area contributed by atoms with Gasteiger partial charge in [-0.15, -0.1) is 24.8 Å². The van der Waals surface area contributed by atoms with Crippen molar-refractivity contribution in [1.82, 2.24) is 19.8 Å². The summed E-state index contributed by atoms with van der Waals surface area (Å²) in [6.07, 6.45) is 3.89. The van der Waals surface area contributed by atoms with Crippen molar-refractivity contribution < 1.29 is 9.90 Å². The number of carbonyl (C=O) groups excluding carboxylic acids is 1. The summed E-state index contributed by atoms with van der Waals surface area (Å²) in [6.45, 7) is 5.93. The van der Waals surface area contributed by atoms with Gasteiger partial charge in [-0.2, -0.15) is 0 Å². The van der Waals surface area contributed by atoms with E-state index in [-0.39, 0.29) is 48.6 Å². The summed E-state index contributed by atoms with van der Waals surface area (Å²) in [7, 11) is 2.12. The van der Waals surface area contributed by atoms with Crippen molar-refractivity contribution >= 4 is 48.1 Å². The second-order valence-electron chi connectivity index (χ2n) is 9.68. The minimum atomic E-state index is -0.511. The van der Waals surface area contributed by atoms with Crippen LogP contribution < -0.4 is 4.90 Å². The molecule has 192 valence electrons. The Morgan fingerprint density at radius 1 is 1.09 bits per heavy atom. The SMILES string of the molecule is C[C@@H]1C[C@@H](O)c2ncnc(N3CCN(C(=O)C(c4ccc(Cl)cc4)C4CCCN4C)CC3)c21.Cl.Cl. The number of carbonyl (C=O) groups is 1. The van der Waals surface area contributed by atoms with E-state index in [1.807, 2.05) is 29.2 Å². The fourth-order valence-electron chi connectivity index (χ4n) is 5.85. The molecule has 4 atom stereocenters. The number of hydrogen-bond acceptors (Lipinski definition) is 6. The molecule has 7 nitrogen and oxygen atoms in total. The lowest BCUT2D eigenvalue weighted by molar-refractivity contribution is -0.134. The fourth-order valence-corrected chi connectivity index (χ4v) is 5.97. The van der Waals surface area contributed by atoms with E-state index < -0.39 is 6.10 Å². The predicted molar refractivity (Wildman–Crippen MR) is 143 cm³/mol. The van der Waals surface area contributed by atoms with Gasteiger partial charge in [0.25, 0.3) is 0 Å². The number of aliphatic hydroxyl groups excluding tert-OH is 1. The van der Waals surface area contributed by atoms with Crippen molar-refractivity contribution in [3.63, 3.8) is 0 Å². The van der Waals surface area contributed by atoms with Gasteiger partial charge in [0.05, 0.1) is 17.7 Å². The number of nitrogens with zero attached hydrogens (tertiary/aromatic N) is 5. The van der Waals surface area contributed by atoms with E-state index >= 15 is 0 Å². The predicted octanol–water partition coefficient (Wildman–Crippen LogP) is 4.04. The van der Waals surface area contributed by atoms with Gasteiger partial charge in [0.1, 0.15) is 12.1 Å². The number of likely N-dealkylation sites (tertiary alicyclic amines) is 1. The molecule has 1 N–H and O–H groups in total. The molecule has 3 heterocycles.